The third kappa shape index (κ3) is 3.71. The van der Waals surface area contributed by atoms with E-state index in [1.165, 1.54) is 0 Å². The minimum atomic E-state index is 0.114. The molecule has 5 heteroatoms. The lowest BCUT2D eigenvalue weighted by molar-refractivity contribution is -0.138. The zero-order chi connectivity index (χ0) is 14.5. The summed E-state index contributed by atoms with van der Waals surface area (Å²) >= 11 is 0. The molecular weight excluding hydrogens is 254 g/mol. The van der Waals surface area contributed by atoms with Crippen molar-refractivity contribution in [2.24, 2.45) is 17.6 Å². The molecule has 2 aliphatic rings. The number of nitrogens with zero attached hydrogens (tertiary/aromatic N) is 2. The van der Waals surface area contributed by atoms with E-state index in [9.17, 15) is 4.79 Å². The molecule has 0 radical (unpaired) electrons. The molecule has 2 rings (SSSR count). The first-order valence-electron chi connectivity index (χ1n) is 8.01. The maximum absolute atomic E-state index is 12.7. The fourth-order valence-corrected chi connectivity index (χ4v) is 3.54. The molecular formula is C15H29N3O2. The molecule has 0 aromatic carbocycles. The second-order valence-corrected chi connectivity index (χ2v) is 6.30. The summed E-state index contributed by atoms with van der Waals surface area (Å²) < 4.78 is 0. The van der Waals surface area contributed by atoms with E-state index in [2.05, 4.69) is 11.8 Å². The third-order valence-electron chi connectivity index (χ3n) is 5.00. The second kappa shape index (κ2) is 7.38. The zero-order valence-electron chi connectivity index (χ0n) is 12.6. The lowest BCUT2D eigenvalue weighted by Crippen LogP contribution is -2.46. The van der Waals surface area contributed by atoms with Crippen LogP contribution in [0.25, 0.3) is 0 Å². The van der Waals surface area contributed by atoms with Crippen LogP contribution >= 0.6 is 0 Å². The summed E-state index contributed by atoms with van der Waals surface area (Å²) in [5.41, 5.74) is 6.12. The first-order valence-corrected chi connectivity index (χ1v) is 8.01. The van der Waals surface area contributed by atoms with Gasteiger partial charge in [-0.2, -0.15) is 0 Å². The molecule has 1 aliphatic heterocycles. The number of carbonyl (C=O) groups excluding carboxylic acids is 1. The van der Waals surface area contributed by atoms with E-state index < -0.39 is 0 Å². The Kier molecular flexibility index (Phi) is 5.81. The molecule has 0 bridgehead atoms. The average molecular weight is 283 g/mol. The summed E-state index contributed by atoms with van der Waals surface area (Å²) in [5.74, 6) is 0.717. The van der Waals surface area contributed by atoms with Gasteiger partial charge in [-0.1, -0.05) is 13.3 Å². The minimum Gasteiger partial charge on any atom is -0.395 e. The molecule has 1 saturated heterocycles. The predicted octanol–water partition coefficient (Wildman–Crippen LogP) is 0.277. The molecule has 1 saturated carbocycles. The van der Waals surface area contributed by atoms with Crippen LogP contribution in [-0.2, 0) is 4.79 Å². The topological polar surface area (TPSA) is 69.8 Å². The van der Waals surface area contributed by atoms with Crippen molar-refractivity contribution < 1.29 is 9.90 Å². The molecule has 0 aromatic rings. The summed E-state index contributed by atoms with van der Waals surface area (Å²) in [6.07, 6.45) is 4.12. The van der Waals surface area contributed by atoms with E-state index in [0.29, 0.717) is 18.4 Å². The Balaban J connectivity index is 1.91. The van der Waals surface area contributed by atoms with Crippen LogP contribution in [0, 0.1) is 11.8 Å². The van der Waals surface area contributed by atoms with Crippen LogP contribution in [0.15, 0.2) is 0 Å². The lowest BCUT2D eigenvalue weighted by atomic mass is 9.76. The number of nitrogens with two attached hydrogens (primary N) is 1. The molecule has 116 valence electrons. The molecule has 1 amide bonds. The van der Waals surface area contributed by atoms with Gasteiger partial charge in [-0.15, -0.1) is 0 Å². The molecule has 20 heavy (non-hydrogen) atoms. The van der Waals surface area contributed by atoms with Crippen molar-refractivity contribution in [2.45, 2.75) is 38.6 Å². The number of hydrogen-bond donors (Lipinski definition) is 2. The van der Waals surface area contributed by atoms with Crippen molar-refractivity contribution >= 4 is 5.91 Å². The highest BCUT2D eigenvalue weighted by Crippen LogP contribution is 2.30. The van der Waals surface area contributed by atoms with Gasteiger partial charge in [0.25, 0.3) is 0 Å². The molecule has 1 heterocycles. The smallest absolute Gasteiger partial charge is 0.226 e. The fraction of sp³-hybridized carbons (Fsp3) is 0.933. The van der Waals surface area contributed by atoms with Gasteiger partial charge >= 0.3 is 0 Å². The highest BCUT2D eigenvalue weighted by atomic mass is 16.3. The van der Waals surface area contributed by atoms with Crippen molar-refractivity contribution in [3.05, 3.63) is 0 Å². The average Bonchev–Trinajstić information content (AvgIpc) is 2.67. The molecule has 3 unspecified atom stereocenters. The number of aliphatic hydroxyl groups excluding tert-OH is 1. The fourth-order valence-electron chi connectivity index (χ4n) is 3.54. The van der Waals surface area contributed by atoms with Gasteiger partial charge in [-0.25, -0.2) is 0 Å². The van der Waals surface area contributed by atoms with Gasteiger partial charge in [-0.3, -0.25) is 9.69 Å². The minimum absolute atomic E-state index is 0.114. The number of hydrogen-bond acceptors (Lipinski definition) is 4. The maximum Gasteiger partial charge on any atom is 0.226 e. The van der Waals surface area contributed by atoms with E-state index in [4.69, 9.17) is 10.8 Å². The van der Waals surface area contributed by atoms with Gasteiger partial charge < -0.3 is 15.7 Å². The van der Waals surface area contributed by atoms with Gasteiger partial charge in [-0.05, 0) is 31.7 Å². The number of amides is 1. The van der Waals surface area contributed by atoms with E-state index in [-0.39, 0.29) is 18.6 Å². The van der Waals surface area contributed by atoms with Gasteiger partial charge in [0.05, 0.1) is 6.61 Å². The lowest BCUT2D eigenvalue weighted by Gasteiger charge is -2.36. The van der Waals surface area contributed by atoms with Crippen LogP contribution in [0.5, 0.6) is 0 Å². The van der Waals surface area contributed by atoms with E-state index in [1.807, 2.05) is 4.90 Å². The van der Waals surface area contributed by atoms with Crippen molar-refractivity contribution in [1.82, 2.24) is 9.80 Å². The predicted molar refractivity (Wildman–Crippen MR) is 79.2 cm³/mol. The third-order valence-corrected chi connectivity index (χ3v) is 5.00. The molecule has 0 spiro atoms. The number of carbonyl (C=O) groups is 1. The van der Waals surface area contributed by atoms with Crippen LogP contribution in [0.2, 0.25) is 0 Å². The van der Waals surface area contributed by atoms with Crippen LogP contribution in [0.3, 0.4) is 0 Å². The molecule has 5 nitrogen and oxygen atoms in total. The van der Waals surface area contributed by atoms with Crippen LogP contribution in [0.1, 0.15) is 32.6 Å². The van der Waals surface area contributed by atoms with Gasteiger partial charge in [0.2, 0.25) is 5.91 Å². The standard InChI is InChI=1S/C15H29N3O2/c1-12-13(4-2-5-14(12)16)15(20)18-7-3-6-17(8-9-18)10-11-19/h12-14,19H,2-11,16H2,1H3. The molecule has 1 aliphatic carbocycles. The van der Waals surface area contributed by atoms with Crippen molar-refractivity contribution in [1.29, 1.82) is 0 Å². The second-order valence-electron chi connectivity index (χ2n) is 6.30. The summed E-state index contributed by atoms with van der Waals surface area (Å²) in [6, 6.07) is 0.176. The first-order chi connectivity index (χ1) is 9.63. The summed E-state index contributed by atoms with van der Waals surface area (Å²) in [6.45, 7) is 6.53. The van der Waals surface area contributed by atoms with E-state index >= 15 is 0 Å². The first kappa shape index (κ1) is 15.7. The monoisotopic (exact) mass is 283 g/mol. The van der Waals surface area contributed by atoms with Crippen molar-refractivity contribution in [2.75, 3.05) is 39.3 Å². The number of aliphatic hydroxyl groups is 1. The van der Waals surface area contributed by atoms with Gasteiger partial charge in [0.15, 0.2) is 0 Å². The molecule has 3 atom stereocenters. The highest BCUT2D eigenvalue weighted by Gasteiger charge is 2.35. The number of rotatable bonds is 3. The van der Waals surface area contributed by atoms with Crippen molar-refractivity contribution in [3.63, 3.8) is 0 Å². The SMILES string of the molecule is CC1C(N)CCCC1C(=O)N1CCCN(CCO)CC1. The molecule has 2 fully saturated rings. The Hall–Kier alpha value is -0.650. The van der Waals surface area contributed by atoms with Crippen LogP contribution in [0.4, 0.5) is 0 Å². The molecule has 0 aromatic heterocycles. The Morgan fingerprint density at radius 1 is 1.20 bits per heavy atom. The quantitative estimate of drug-likeness (QED) is 0.780. The Morgan fingerprint density at radius 2 is 2.00 bits per heavy atom. The van der Waals surface area contributed by atoms with Crippen LogP contribution < -0.4 is 5.73 Å². The summed E-state index contributed by atoms with van der Waals surface area (Å²) in [4.78, 5) is 17.0. The summed E-state index contributed by atoms with van der Waals surface area (Å²) in [5, 5.41) is 9.02. The van der Waals surface area contributed by atoms with Gasteiger partial charge in [0, 0.05) is 38.1 Å². The maximum atomic E-state index is 12.7. The van der Waals surface area contributed by atoms with E-state index in [0.717, 1.165) is 51.9 Å². The summed E-state index contributed by atoms with van der Waals surface area (Å²) in [7, 11) is 0. The normalized spacial score (nSPS) is 33.0. The Bertz CT molecular complexity index is 324. The Morgan fingerprint density at radius 3 is 2.75 bits per heavy atom. The van der Waals surface area contributed by atoms with E-state index in [1.54, 1.807) is 0 Å². The van der Waals surface area contributed by atoms with Gasteiger partial charge in [0.1, 0.15) is 0 Å². The van der Waals surface area contributed by atoms with Crippen LogP contribution in [-0.4, -0.2) is 66.2 Å². The highest BCUT2D eigenvalue weighted by molar-refractivity contribution is 5.79. The molecule has 3 N–H and O–H groups in total. The van der Waals surface area contributed by atoms with Crippen molar-refractivity contribution in [3.8, 4) is 0 Å². The number of β-amino-alcohol motifs (C(OH)–C–C–N with tert-alkyl or cyclic N) is 1. The zero-order valence-corrected chi connectivity index (χ0v) is 12.6. The largest absolute Gasteiger partial charge is 0.395 e. The Labute approximate surface area is 122 Å².